The van der Waals surface area contributed by atoms with E-state index in [4.69, 9.17) is 4.74 Å². The smallest absolute Gasteiger partial charge is 0.173 e. The van der Waals surface area contributed by atoms with Crippen molar-refractivity contribution in [3.63, 3.8) is 0 Å². The maximum absolute atomic E-state index is 13.0. The molecule has 2 unspecified atom stereocenters. The fraction of sp³-hybridized carbons (Fsp3) is 0.375. The first-order valence-electron chi connectivity index (χ1n) is 9.76. The molecule has 4 rings (SSSR count). The normalized spacial score (nSPS) is 27.0. The molecule has 1 aliphatic carbocycles. The Morgan fingerprint density at radius 1 is 1.07 bits per heavy atom. The van der Waals surface area contributed by atoms with Gasteiger partial charge in [-0.15, -0.1) is 0 Å². The van der Waals surface area contributed by atoms with Crippen molar-refractivity contribution in [1.29, 1.82) is 0 Å². The number of carbonyl (C=O) groups excluding carboxylic acids is 1. The van der Waals surface area contributed by atoms with Crippen LogP contribution in [0.3, 0.4) is 0 Å². The third kappa shape index (κ3) is 2.86. The first-order chi connectivity index (χ1) is 13.0. The van der Waals surface area contributed by atoms with Crippen LogP contribution >= 0.6 is 0 Å². The molecule has 3 heteroatoms. The van der Waals surface area contributed by atoms with Gasteiger partial charge in [-0.05, 0) is 29.2 Å². The number of ether oxygens (including phenoxy) is 1. The van der Waals surface area contributed by atoms with E-state index in [9.17, 15) is 4.79 Å². The molecule has 0 bridgehead atoms. The minimum absolute atomic E-state index is 0.0771. The maximum atomic E-state index is 13.0. The number of carbonyl (C=O) groups is 1. The van der Waals surface area contributed by atoms with E-state index in [0.29, 0.717) is 13.2 Å². The van der Waals surface area contributed by atoms with Crippen LogP contribution in [0, 0.1) is 5.92 Å². The number of Topliss-reactive ketones (excluding diaryl/α,β-unsaturated/α-hetero) is 1. The molecule has 0 radical (unpaired) electrons. The molecule has 1 N–H and O–H groups in total. The lowest BCUT2D eigenvalue weighted by atomic mass is 9.76. The summed E-state index contributed by atoms with van der Waals surface area (Å²) >= 11 is 0. The zero-order chi connectivity index (χ0) is 19.1. The Morgan fingerprint density at radius 3 is 2.44 bits per heavy atom. The predicted molar refractivity (Wildman–Crippen MR) is 109 cm³/mol. The van der Waals surface area contributed by atoms with Gasteiger partial charge in [0.2, 0.25) is 0 Å². The lowest BCUT2D eigenvalue weighted by Gasteiger charge is -2.38. The highest BCUT2D eigenvalue weighted by Crippen LogP contribution is 2.42. The third-order valence-corrected chi connectivity index (χ3v) is 5.99. The van der Waals surface area contributed by atoms with E-state index in [2.05, 4.69) is 72.9 Å². The van der Waals surface area contributed by atoms with Crippen LogP contribution in [-0.2, 0) is 20.5 Å². The summed E-state index contributed by atoms with van der Waals surface area (Å²) in [7, 11) is 0. The van der Waals surface area contributed by atoms with Gasteiger partial charge in [0.15, 0.2) is 11.4 Å². The summed E-state index contributed by atoms with van der Waals surface area (Å²) in [6, 6.07) is 17.0. The molecular weight excluding hydrogens is 334 g/mol. The van der Waals surface area contributed by atoms with Gasteiger partial charge < -0.3 is 10.1 Å². The minimum Gasteiger partial charge on any atom is -0.360 e. The van der Waals surface area contributed by atoms with E-state index in [1.54, 1.807) is 0 Å². The number of fused-ring (bicyclic) bond motifs is 1. The van der Waals surface area contributed by atoms with Gasteiger partial charge in [0.25, 0.3) is 0 Å². The summed E-state index contributed by atoms with van der Waals surface area (Å²) < 4.78 is 6.10. The summed E-state index contributed by atoms with van der Waals surface area (Å²) in [5, 5.41) is 3.34. The number of rotatable bonds is 4. The van der Waals surface area contributed by atoms with E-state index < -0.39 is 5.60 Å². The summed E-state index contributed by atoms with van der Waals surface area (Å²) in [6.45, 7) is 8.00. The average molecular weight is 361 g/mol. The second-order valence-corrected chi connectivity index (χ2v) is 8.07. The van der Waals surface area contributed by atoms with Crippen molar-refractivity contribution in [2.24, 2.45) is 5.92 Å². The Kier molecular flexibility index (Phi) is 4.53. The molecule has 0 spiro atoms. The number of hydrogen-bond donors (Lipinski definition) is 1. The van der Waals surface area contributed by atoms with Crippen molar-refractivity contribution < 1.29 is 9.53 Å². The Labute approximate surface area is 161 Å². The minimum atomic E-state index is -0.880. The van der Waals surface area contributed by atoms with Crippen LogP contribution in [0.5, 0.6) is 0 Å². The Bertz CT molecular complexity index is 876. The van der Waals surface area contributed by atoms with Crippen molar-refractivity contribution in [3.05, 3.63) is 76.9 Å². The van der Waals surface area contributed by atoms with Gasteiger partial charge >= 0.3 is 0 Å². The Hall–Kier alpha value is -2.23. The van der Waals surface area contributed by atoms with Crippen LogP contribution in [0.15, 0.2) is 54.6 Å². The van der Waals surface area contributed by atoms with Crippen LogP contribution in [0.1, 0.15) is 43.0 Å². The molecule has 2 aliphatic rings. The lowest BCUT2D eigenvalue weighted by Crippen LogP contribution is -2.53. The Morgan fingerprint density at radius 2 is 1.78 bits per heavy atom. The largest absolute Gasteiger partial charge is 0.360 e. The summed E-state index contributed by atoms with van der Waals surface area (Å²) in [5.41, 5.74) is 3.74. The average Bonchev–Trinajstić information content (AvgIpc) is 3.06. The van der Waals surface area contributed by atoms with Gasteiger partial charge in [-0.3, -0.25) is 4.79 Å². The molecule has 1 saturated heterocycles. The number of benzene rings is 2. The number of ketones is 1. The molecule has 1 heterocycles. The molecule has 2 aromatic carbocycles. The highest BCUT2D eigenvalue weighted by molar-refractivity contribution is 5.90. The van der Waals surface area contributed by atoms with E-state index in [0.717, 1.165) is 12.1 Å². The SMILES string of the molecule is CC(C)C(=O)C1(c2ccc(C3(C)C=Cc4ccccc43)cc2)CNCCO1. The van der Waals surface area contributed by atoms with E-state index in [1.165, 1.54) is 16.7 Å². The molecule has 2 atom stereocenters. The predicted octanol–water partition coefficient (Wildman–Crippen LogP) is 4.06. The number of nitrogens with one attached hydrogen (secondary N) is 1. The van der Waals surface area contributed by atoms with Crippen LogP contribution in [-0.4, -0.2) is 25.5 Å². The fourth-order valence-corrected chi connectivity index (χ4v) is 4.36. The molecule has 2 aromatic rings. The van der Waals surface area contributed by atoms with Gasteiger partial charge in [-0.25, -0.2) is 0 Å². The van der Waals surface area contributed by atoms with E-state index >= 15 is 0 Å². The first kappa shape index (κ1) is 18.1. The van der Waals surface area contributed by atoms with E-state index in [1.807, 2.05) is 13.8 Å². The van der Waals surface area contributed by atoms with Crippen LogP contribution in [0.4, 0.5) is 0 Å². The second-order valence-electron chi connectivity index (χ2n) is 8.07. The summed E-state index contributed by atoms with van der Waals surface area (Å²) in [4.78, 5) is 13.0. The number of morpholine rings is 1. The highest BCUT2D eigenvalue weighted by atomic mass is 16.5. The van der Waals surface area contributed by atoms with E-state index in [-0.39, 0.29) is 17.1 Å². The first-order valence-corrected chi connectivity index (χ1v) is 9.76. The Balaban J connectivity index is 1.72. The zero-order valence-corrected chi connectivity index (χ0v) is 16.3. The lowest BCUT2D eigenvalue weighted by molar-refractivity contribution is -0.153. The van der Waals surface area contributed by atoms with Crippen LogP contribution < -0.4 is 5.32 Å². The molecule has 27 heavy (non-hydrogen) atoms. The van der Waals surface area contributed by atoms with Crippen LogP contribution in [0.25, 0.3) is 6.08 Å². The maximum Gasteiger partial charge on any atom is 0.173 e. The molecule has 0 saturated carbocycles. The molecular formula is C24H27NO2. The van der Waals surface area contributed by atoms with Gasteiger partial charge in [0, 0.05) is 24.4 Å². The molecule has 3 nitrogen and oxygen atoms in total. The topological polar surface area (TPSA) is 38.3 Å². The standard InChI is InChI=1S/C24H27NO2/c1-17(2)22(26)24(16-25-14-15-27-24)20-10-8-19(9-11-20)23(3)13-12-18-6-4-5-7-21(18)23/h4-13,17,25H,14-16H2,1-3H3. The molecule has 140 valence electrons. The quantitative estimate of drug-likeness (QED) is 0.892. The third-order valence-electron chi connectivity index (χ3n) is 5.99. The van der Waals surface area contributed by atoms with Gasteiger partial charge in [-0.1, -0.05) is 74.5 Å². The van der Waals surface area contributed by atoms with Gasteiger partial charge in [0.1, 0.15) is 0 Å². The highest BCUT2D eigenvalue weighted by Gasteiger charge is 2.44. The number of allylic oxidation sites excluding steroid dienone is 1. The molecule has 1 aliphatic heterocycles. The van der Waals surface area contributed by atoms with Crippen molar-refractivity contribution in [1.82, 2.24) is 5.32 Å². The van der Waals surface area contributed by atoms with Crippen molar-refractivity contribution in [3.8, 4) is 0 Å². The van der Waals surface area contributed by atoms with Gasteiger partial charge in [0.05, 0.1) is 6.61 Å². The number of hydrogen-bond acceptors (Lipinski definition) is 3. The molecule has 0 aromatic heterocycles. The van der Waals surface area contributed by atoms with Gasteiger partial charge in [-0.2, -0.15) is 0 Å². The molecule has 0 amide bonds. The van der Waals surface area contributed by atoms with Crippen molar-refractivity contribution in [2.75, 3.05) is 19.7 Å². The second kappa shape index (κ2) is 6.74. The monoisotopic (exact) mass is 361 g/mol. The fourth-order valence-electron chi connectivity index (χ4n) is 4.36. The zero-order valence-electron chi connectivity index (χ0n) is 16.3. The van der Waals surface area contributed by atoms with Crippen molar-refractivity contribution in [2.45, 2.75) is 31.8 Å². The van der Waals surface area contributed by atoms with Crippen LogP contribution in [0.2, 0.25) is 0 Å². The molecule has 1 fully saturated rings. The summed E-state index contributed by atoms with van der Waals surface area (Å²) in [5.74, 6) is 0.0616. The van der Waals surface area contributed by atoms with Crippen molar-refractivity contribution >= 4 is 11.9 Å². The summed E-state index contributed by atoms with van der Waals surface area (Å²) in [6.07, 6.45) is 4.46.